The number of amides is 3. The summed E-state index contributed by atoms with van der Waals surface area (Å²) in [6.07, 6.45) is 3.88. The maximum absolute atomic E-state index is 13.2. The van der Waals surface area contributed by atoms with E-state index in [1.165, 1.54) is 15.8 Å². The Hall–Kier alpha value is -4.39. The average Bonchev–Trinajstić information content (AvgIpc) is 3.48. The zero-order valence-electron chi connectivity index (χ0n) is 20.6. The van der Waals surface area contributed by atoms with E-state index in [1.807, 2.05) is 29.2 Å². The van der Waals surface area contributed by atoms with Crippen LogP contribution in [0.4, 0.5) is 0 Å². The van der Waals surface area contributed by atoms with Crippen molar-refractivity contribution in [1.82, 2.24) is 14.8 Å². The third-order valence-electron chi connectivity index (χ3n) is 7.56. The van der Waals surface area contributed by atoms with E-state index in [0.29, 0.717) is 35.7 Å². The Morgan fingerprint density at radius 3 is 2.27 bits per heavy atom. The van der Waals surface area contributed by atoms with Crippen LogP contribution < -0.4 is 4.74 Å². The van der Waals surface area contributed by atoms with Gasteiger partial charge in [0.1, 0.15) is 5.75 Å². The van der Waals surface area contributed by atoms with E-state index < -0.39 is 0 Å². The first kappa shape index (κ1) is 23.0. The summed E-state index contributed by atoms with van der Waals surface area (Å²) in [7, 11) is 1.68. The fraction of sp³-hybridized carbons (Fsp3) is 0.233. The van der Waals surface area contributed by atoms with E-state index in [2.05, 4.69) is 17.2 Å². The number of nitrogens with one attached hydrogen (secondary N) is 1. The van der Waals surface area contributed by atoms with Crippen LogP contribution in [0.1, 0.15) is 61.0 Å². The van der Waals surface area contributed by atoms with Crippen LogP contribution in [-0.2, 0) is 6.54 Å². The van der Waals surface area contributed by atoms with Gasteiger partial charge in [0, 0.05) is 35.8 Å². The van der Waals surface area contributed by atoms with Crippen molar-refractivity contribution in [3.8, 4) is 5.75 Å². The standard InChI is InChI=1S/C30H27N3O4/c1-37-22-10-11-27-25(16-22)26(17-31-27)20-12-14-32(15-13-20)28(34)21-8-6-19(7-9-21)18-33-29(35)23-4-2-3-5-24(23)30(33)36/h2-11,16-17,20,31H,12-15,18H2,1H3. The number of nitrogens with zero attached hydrogens (tertiary/aromatic N) is 2. The van der Waals surface area contributed by atoms with Gasteiger partial charge in [-0.05, 0) is 72.4 Å². The molecule has 2 aliphatic rings. The first-order valence-corrected chi connectivity index (χ1v) is 12.5. The van der Waals surface area contributed by atoms with Gasteiger partial charge in [-0.25, -0.2) is 0 Å². The van der Waals surface area contributed by atoms with Crippen molar-refractivity contribution < 1.29 is 19.1 Å². The zero-order chi connectivity index (χ0) is 25.5. The number of aromatic nitrogens is 1. The van der Waals surface area contributed by atoms with Gasteiger partial charge in [-0.2, -0.15) is 0 Å². The molecule has 186 valence electrons. The molecule has 4 aromatic rings. The van der Waals surface area contributed by atoms with Gasteiger partial charge >= 0.3 is 0 Å². The number of hydrogen-bond acceptors (Lipinski definition) is 4. The molecule has 2 aliphatic heterocycles. The number of fused-ring (bicyclic) bond motifs is 2. The minimum Gasteiger partial charge on any atom is -0.497 e. The Labute approximate surface area is 214 Å². The molecular formula is C30H27N3O4. The zero-order valence-corrected chi connectivity index (χ0v) is 20.6. The highest BCUT2D eigenvalue weighted by Gasteiger charge is 2.35. The molecule has 0 aliphatic carbocycles. The number of ether oxygens (including phenoxy) is 1. The largest absolute Gasteiger partial charge is 0.497 e. The predicted octanol–water partition coefficient (Wildman–Crippen LogP) is 4.99. The molecule has 0 spiro atoms. The van der Waals surface area contributed by atoms with E-state index in [4.69, 9.17) is 4.74 Å². The number of carbonyl (C=O) groups excluding carboxylic acids is 3. The van der Waals surface area contributed by atoms with E-state index in [0.717, 1.165) is 29.7 Å². The van der Waals surface area contributed by atoms with Crippen LogP contribution >= 0.6 is 0 Å². The summed E-state index contributed by atoms with van der Waals surface area (Å²) in [6, 6.07) is 20.1. The van der Waals surface area contributed by atoms with Crippen molar-refractivity contribution in [3.63, 3.8) is 0 Å². The molecule has 6 rings (SSSR count). The molecule has 1 N–H and O–H groups in total. The highest BCUT2D eigenvalue weighted by Crippen LogP contribution is 2.35. The lowest BCUT2D eigenvalue weighted by atomic mass is 9.89. The van der Waals surface area contributed by atoms with Crippen molar-refractivity contribution in [1.29, 1.82) is 0 Å². The fourth-order valence-corrected chi connectivity index (χ4v) is 5.48. The lowest BCUT2D eigenvalue weighted by Gasteiger charge is -2.32. The van der Waals surface area contributed by atoms with Crippen molar-refractivity contribution in [3.05, 3.63) is 101 Å². The van der Waals surface area contributed by atoms with Crippen LogP contribution in [0.2, 0.25) is 0 Å². The van der Waals surface area contributed by atoms with Crippen molar-refractivity contribution in [2.75, 3.05) is 20.2 Å². The first-order chi connectivity index (χ1) is 18.0. The molecule has 0 bridgehead atoms. The van der Waals surface area contributed by atoms with Gasteiger partial charge in [0.05, 0.1) is 24.8 Å². The van der Waals surface area contributed by atoms with Crippen molar-refractivity contribution in [2.45, 2.75) is 25.3 Å². The van der Waals surface area contributed by atoms with Gasteiger partial charge in [-0.15, -0.1) is 0 Å². The molecule has 3 amide bonds. The summed E-state index contributed by atoms with van der Waals surface area (Å²) >= 11 is 0. The van der Waals surface area contributed by atoms with Gasteiger partial charge in [-0.1, -0.05) is 24.3 Å². The SMILES string of the molecule is COc1ccc2[nH]cc(C3CCN(C(=O)c4ccc(CN5C(=O)c6ccccc6C5=O)cc4)CC3)c2c1. The number of rotatable bonds is 5. The number of carbonyl (C=O) groups is 3. The number of imide groups is 1. The topological polar surface area (TPSA) is 82.7 Å². The number of methoxy groups -OCH3 is 1. The summed E-state index contributed by atoms with van der Waals surface area (Å²) in [5, 5.41) is 1.18. The lowest BCUT2D eigenvalue weighted by Crippen LogP contribution is -2.37. The normalized spacial score (nSPS) is 15.9. The van der Waals surface area contributed by atoms with Crippen molar-refractivity contribution in [2.24, 2.45) is 0 Å². The number of H-pyrrole nitrogens is 1. The molecule has 0 unspecified atom stereocenters. The molecule has 0 radical (unpaired) electrons. The van der Waals surface area contributed by atoms with Gasteiger partial charge in [0.2, 0.25) is 0 Å². The minimum atomic E-state index is -0.280. The third-order valence-corrected chi connectivity index (χ3v) is 7.56. The van der Waals surface area contributed by atoms with Crippen LogP contribution in [0, 0.1) is 0 Å². The second-order valence-corrected chi connectivity index (χ2v) is 9.66. The van der Waals surface area contributed by atoms with Gasteiger partial charge < -0.3 is 14.6 Å². The number of piperidine rings is 1. The van der Waals surface area contributed by atoms with Crippen molar-refractivity contribution >= 4 is 28.6 Å². The second kappa shape index (κ2) is 9.24. The van der Waals surface area contributed by atoms with Crippen LogP contribution in [0.25, 0.3) is 10.9 Å². The van der Waals surface area contributed by atoms with E-state index in [1.54, 1.807) is 43.5 Å². The molecule has 1 fully saturated rings. The summed E-state index contributed by atoms with van der Waals surface area (Å²) in [5.41, 5.74) is 4.67. The Balaban J connectivity index is 1.09. The number of hydrogen-bond donors (Lipinski definition) is 1. The third kappa shape index (κ3) is 4.06. The summed E-state index contributed by atoms with van der Waals surface area (Å²) < 4.78 is 5.40. The number of likely N-dealkylation sites (tertiary alicyclic amines) is 1. The molecule has 3 aromatic carbocycles. The van der Waals surface area contributed by atoms with Crippen LogP contribution in [0.3, 0.4) is 0 Å². The maximum atomic E-state index is 13.2. The molecule has 0 saturated carbocycles. The predicted molar refractivity (Wildman–Crippen MR) is 140 cm³/mol. The monoisotopic (exact) mass is 493 g/mol. The molecule has 7 heteroatoms. The summed E-state index contributed by atoms with van der Waals surface area (Å²) in [6.45, 7) is 1.56. The van der Waals surface area contributed by atoms with E-state index in [-0.39, 0.29) is 24.3 Å². The molecule has 37 heavy (non-hydrogen) atoms. The summed E-state index contributed by atoms with van der Waals surface area (Å²) in [4.78, 5) is 45.0. The molecule has 1 saturated heterocycles. The molecule has 0 atom stereocenters. The van der Waals surface area contributed by atoms with Gasteiger partial charge in [0.25, 0.3) is 17.7 Å². The average molecular weight is 494 g/mol. The molecule has 1 aromatic heterocycles. The highest BCUT2D eigenvalue weighted by molar-refractivity contribution is 6.21. The lowest BCUT2D eigenvalue weighted by molar-refractivity contribution is 0.0640. The second-order valence-electron chi connectivity index (χ2n) is 9.66. The minimum absolute atomic E-state index is 0.00586. The highest BCUT2D eigenvalue weighted by atomic mass is 16.5. The Morgan fingerprint density at radius 1 is 0.946 bits per heavy atom. The Kier molecular flexibility index (Phi) is 5.75. The van der Waals surface area contributed by atoms with Crippen LogP contribution in [0.15, 0.2) is 72.9 Å². The number of aromatic amines is 1. The molecular weight excluding hydrogens is 466 g/mol. The van der Waals surface area contributed by atoms with Gasteiger partial charge in [-0.3, -0.25) is 19.3 Å². The maximum Gasteiger partial charge on any atom is 0.261 e. The molecule has 3 heterocycles. The molecule has 7 nitrogen and oxygen atoms in total. The quantitative estimate of drug-likeness (QED) is 0.397. The van der Waals surface area contributed by atoms with E-state index >= 15 is 0 Å². The Bertz CT molecular complexity index is 1480. The fourth-order valence-electron chi connectivity index (χ4n) is 5.48. The first-order valence-electron chi connectivity index (χ1n) is 12.5. The smallest absolute Gasteiger partial charge is 0.261 e. The van der Waals surface area contributed by atoms with Gasteiger partial charge in [0.15, 0.2) is 0 Å². The summed E-state index contributed by atoms with van der Waals surface area (Å²) in [5.74, 6) is 0.667. The van der Waals surface area contributed by atoms with Crippen LogP contribution in [0.5, 0.6) is 5.75 Å². The Morgan fingerprint density at radius 2 is 1.62 bits per heavy atom. The van der Waals surface area contributed by atoms with Crippen LogP contribution in [-0.4, -0.2) is 52.7 Å². The number of benzene rings is 3. The van der Waals surface area contributed by atoms with E-state index in [9.17, 15) is 14.4 Å².